The van der Waals surface area contributed by atoms with Crippen LogP contribution in [0, 0.1) is 11.3 Å². The van der Waals surface area contributed by atoms with E-state index >= 15 is 0 Å². The summed E-state index contributed by atoms with van der Waals surface area (Å²) >= 11 is 1.61. The van der Waals surface area contributed by atoms with Gasteiger partial charge in [-0.1, -0.05) is 32.9 Å². The highest BCUT2D eigenvalue weighted by Crippen LogP contribution is 2.40. The van der Waals surface area contributed by atoms with Crippen LogP contribution >= 0.6 is 11.3 Å². The molecule has 0 saturated heterocycles. The minimum atomic E-state index is -3.67. The molecule has 1 aliphatic rings. The van der Waals surface area contributed by atoms with Crippen LogP contribution < -0.4 is 10.5 Å². The molecule has 1 aliphatic carbocycles. The fourth-order valence-electron chi connectivity index (χ4n) is 3.63. The van der Waals surface area contributed by atoms with Crippen LogP contribution in [0.3, 0.4) is 0 Å². The summed E-state index contributed by atoms with van der Waals surface area (Å²) in [6, 6.07) is 8.50. The smallest absolute Gasteiger partial charge is 0.261 e. The molecule has 152 valence electrons. The Morgan fingerprint density at radius 3 is 2.54 bits per heavy atom. The monoisotopic (exact) mass is 420 g/mol. The number of hydrogen-bond donors (Lipinski definition) is 2. The van der Waals surface area contributed by atoms with Crippen LogP contribution in [0.25, 0.3) is 0 Å². The molecule has 7 heteroatoms. The second-order valence-corrected chi connectivity index (χ2v) is 11.3. The van der Waals surface area contributed by atoms with E-state index in [9.17, 15) is 13.2 Å². The topological polar surface area (TPSA) is 89.3 Å². The predicted molar refractivity (Wildman–Crippen MR) is 113 cm³/mol. The van der Waals surface area contributed by atoms with Gasteiger partial charge in [0.1, 0.15) is 0 Å². The van der Waals surface area contributed by atoms with E-state index in [-0.39, 0.29) is 10.8 Å². The lowest BCUT2D eigenvalue weighted by Gasteiger charge is -2.33. The average Bonchev–Trinajstić information content (AvgIpc) is 3.04. The van der Waals surface area contributed by atoms with Crippen molar-refractivity contribution < 1.29 is 13.2 Å². The van der Waals surface area contributed by atoms with Gasteiger partial charge in [-0.3, -0.25) is 4.79 Å². The second-order valence-electron chi connectivity index (χ2n) is 8.56. The zero-order valence-electron chi connectivity index (χ0n) is 16.6. The molecule has 0 fully saturated rings. The Morgan fingerprint density at radius 1 is 1.25 bits per heavy atom. The van der Waals surface area contributed by atoms with Crippen LogP contribution in [-0.4, -0.2) is 20.9 Å². The van der Waals surface area contributed by atoms with Gasteiger partial charge in [-0.15, -0.1) is 11.3 Å². The lowest BCUT2D eigenvalue weighted by molar-refractivity contribution is 0.0958. The molecule has 2 aromatic rings. The van der Waals surface area contributed by atoms with Crippen molar-refractivity contribution in [2.75, 3.05) is 6.54 Å². The van der Waals surface area contributed by atoms with Crippen LogP contribution in [0.4, 0.5) is 0 Å². The number of benzene rings is 1. The van der Waals surface area contributed by atoms with E-state index in [0.717, 1.165) is 23.3 Å². The summed E-state index contributed by atoms with van der Waals surface area (Å²) in [5.74, 6) is 0.624. The molecule has 0 radical (unpaired) electrons. The summed E-state index contributed by atoms with van der Waals surface area (Å²) in [5, 5.41) is 8.07. The van der Waals surface area contributed by atoms with Crippen LogP contribution in [0.15, 0.2) is 35.2 Å². The number of aryl methyl sites for hydroxylation is 1. The number of nitrogens with one attached hydrogen (secondary N) is 1. The van der Waals surface area contributed by atoms with Gasteiger partial charge in [0.25, 0.3) is 5.91 Å². The minimum absolute atomic E-state index is 0.0344. The van der Waals surface area contributed by atoms with Crippen molar-refractivity contribution in [3.8, 4) is 0 Å². The first-order chi connectivity index (χ1) is 13.0. The summed E-state index contributed by atoms with van der Waals surface area (Å²) in [4.78, 5) is 14.7. The fourth-order valence-corrected chi connectivity index (χ4v) is 5.27. The molecular formula is C21H28N2O3S2. The highest BCUT2D eigenvalue weighted by molar-refractivity contribution is 7.89. The number of carbonyl (C=O) groups is 1. The normalized spacial score (nSPS) is 17.2. The van der Waals surface area contributed by atoms with Crippen molar-refractivity contribution >= 4 is 27.3 Å². The standard InChI is InChI=1S/C21H28N2O3S2/c1-21(2,3)16-6-9-18-15(12-16)13-19(27-18)20(24)23-11-10-14-4-7-17(8-5-14)28(22,25)26/h4-5,7-8,13,16H,6,9-12H2,1-3H3,(H,23,24)(H2,22,25,26)/t16-/m0/s1. The van der Waals surface area contributed by atoms with Gasteiger partial charge in [0, 0.05) is 11.4 Å². The summed E-state index contributed by atoms with van der Waals surface area (Å²) in [6.45, 7) is 7.37. The van der Waals surface area contributed by atoms with Gasteiger partial charge < -0.3 is 5.32 Å². The molecule has 0 saturated carbocycles. The number of sulfonamides is 1. The molecule has 5 nitrogen and oxygen atoms in total. The van der Waals surface area contributed by atoms with Gasteiger partial charge in [0.15, 0.2) is 0 Å². The lowest BCUT2D eigenvalue weighted by Crippen LogP contribution is -2.26. The van der Waals surface area contributed by atoms with E-state index in [1.165, 1.54) is 29.0 Å². The molecule has 0 aliphatic heterocycles. The Kier molecular flexibility index (Phi) is 5.98. The largest absolute Gasteiger partial charge is 0.351 e. The lowest BCUT2D eigenvalue weighted by atomic mass is 9.72. The Morgan fingerprint density at radius 2 is 1.93 bits per heavy atom. The number of hydrogen-bond acceptors (Lipinski definition) is 4. The zero-order chi connectivity index (χ0) is 20.5. The maximum atomic E-state index is 12.5. The number of thiophene rings is 1. The van der Waals surface area contributed by atoms with Crippen molar-refractivity contribution in [1.82, 2.24) is 5.32 Å². The van der Waals surface area contributed by atoms with E-state index in [0.29, 0.717) is 24.3 Å². The minimum Gasteiger partial charge on any atom is -0.351 e. The number of rotatable bonds is 5. The average molecular weight is 421 g/mol. The van der Waals surface area contributed by atoms with Gasteiger partial charge in [-0.2, -0.15) is 0 Å². The first-order valence-electron chi connectivity index (χ1n) is 9.55. The fraction of sp³-hybridized carbons (Fsp3) is 0.476. The van der Waals surface area contributed by atoms with Crippen molar-refractivity contribution in [1.29, 1.82) is 0 Å². The van der Waals surface area contributed by atoms with Crippen LogP contribution in [0.5, 0.6) is 0 Å². The van der Waals surface area contributed by atoms with E-state index in [1.807, 2.05) is 0 Å². The van der Waals surface area contributed by atoms with Crippen molar-refractivity contribution in [2.24, 2.45) is 16.5 Å². The predicted octanol–water partition coefficient (Wildman–Crippen LogP) is 3.52. The van der Waals surface area contributed by atoms with Crippen molar-refractivity contribution in [2.45, 2.75) is 51.3 Å². The maximum Gasteiger partial charge on any atom is 0.261 e. The molecule has 0 spiro atoms. The Balaban J connectivity index is 1.56. The van der Waals surface area contributed by atoms with Crippen LogP contribution in [-0.2, 0) is 29.3 Å². The number of amides is 1. The quantitative estimate of drug-likeness (QED) is 0.775. The van der Waals surface area contributed by atoms with Crippen molar-refractivity contribution in [3.05, 3.63) is 51.2 Å². The Bertz CT molecular complexity index is 955. The molecule has 1 atom stereocenters. The van der Waals surface area contributed by atoms with Gasteiger partial charge in [-0.05, 0) is 66.3 Å². The van der Waals surface area contributed by atoms with Crippen molar-refractivity contribution in [3.63, 3.8) is 0 Å². The Hall–Kier alpha value is -1.70. The van der Waals surface area contributed by atoms with Gasteiger partial charge in [-0.25, -0.2) is 13.6 Å². The molecular weight excluding hydrogens is 392 g/mol. The van der Waals surface area contributed by atoms with Crippen LogP contribution in [0.1, 0.15) is 52.9 Å². The molecule has 1 aromatic carbocycles. The molecule has 0 unspecified atom stereocenters. The third-order valence-electron chi connectivity index (χ3n) is 5.48. The SMILES string of the molecule is CC(C)(C)[C@H]1CCc2sc(C(=O)NCCc3ccc(S(N)(=O)=O)cc3)cc2C1. The van der Waals surface area contributed by atoms with E-state index in [4.69, 9.17) is 5.14 Å². The highest BCUT2D eigenvalue weighted by atomic mass is 32.2. The molecule has 1 amide bonds. The van der Waals surface area contributed by atoms with Gasteiger partial charge in [0.05, 0.1) is 9.77 Å². The summed E-state index contributed by atoms with van der Waals surface area (Å²) in [6.07, 6.45) is 3.94. The highest BCUT2D eigenvalue weighted by Gasteiger charge is 2.30. The van der Waals surface area contributed by atoms with E-state index in [2.05, 4.69) is 32.2 Å². The summed E-state index contributed by atoms with van der Waals surface area (Å²) in [7, 11) is -3.67. The molecule has 1 aromatic heterocycles. The van der Waals surface area contributed by atoms with Gasteiger partial charge in [0.2, 0.25) is 10.0 Å². The number of carbonyl (C=O) groups excluding carboxylic acids is 1. The Labute approximate surface area is 171 Å². The third kappa shape index (κ3) is 5.01. The number of fused-ring (bicyclic) bond motifs is 1. The van der Waals surface area contributed by atoms with Crippen LogP contribution in [0.2, 0.25) is 0 Å². The molecule has 0 bridgehead atoms. The third-order valence-corrected chi connectivity index (χ3v) is 7.65. The maximum absolute atomic E-state index is 12.5. The van der Waals surface area contributed by atoms with Gasteiger partial charge >= 0.3 is 0 Å². The first kappa shape index (κ1) is 21.0. The summed E-state index contributed by atoms with van der Waals surface area (Å²) < 4.78 is 22.6. The zero-order valence-corrected chi connectivity index (χ0v) is 18.3. The molecule has 28 heavy (non-hydrogen) atoms. The summed E-state index contributed by atoms with van der Waals surface area (Å²) in [5.41, 5.74) is 2.58. The number of primary sulfonamides is 1. The molecule has 1 heterocycles. The second kappa shape index (κ2) is 7.97. The van der Waals surface area contributed by atoms with E-state index in [1.54, 1.807) is 23.5 Å². The molecule has 3 rings (SSSR count). The first-order valence-corrected chi connectivity index (χ1v) is 11.9. The molecule has 3 N–H and O–H groups in total. The van der Waals surface area contributed by atoms with E-state index < -0.39 is 10.0 Å². The number of nitrogens with two attached hydrogens (primary N) is 1.